The fourth-order valence-electron chi connectivity index (χ4n) is 1.54. The van der Waals surface area contributed by atoms with Gasteiger partial charge >= 0.3 is 0 Å². The van der Waals surface area contributed by atoms with Gasteiger partial charge in [-0.1, -0.05) is 19.1 Å². The number of nitrogens with two attached hydrogens (primary N) is 1. The van der Waals surface area contributed by atoms with Crippen LogP contribution in [0.4, 0.5) is 4.39 Å². The molecule has 0 bridgehead atoms. The molecular formula is C12H19FN2. The third kappa shape index (κ3) is 4.40. The predicted octanol–water partition coefficient (Wildman–Crippen LogP) is 1.99. The molecule has 0 saturated heterocycles. The van der Waals surface area contributed by atoms with Crippen molar-refractivity contribution in [3.8, 4) is 0 Å². The first-order valence-electron chi connectivity index (χ1n) is 5.30. The number of benzene rings is 1. The summed E-state index contributed by atoms with van der Waals surface area (Å²) < 4.78 is 12.9. The number of rotatable bonds is 5. The molecule has 1 aromatic rings. The molecule has 1 rings (SSSR count). The summed E-state index contributed by atoms with van der Waals surface area (Å²) in [6.45, 7) is 3.65. The normalized spacial score (nSPS) is 13.1. The zero-order chi connectivity index (χ0) is 11.3. The lowest BCUT2D eigenvalue weighted by Crippen LogP contribution is -2.34. The first-order chi connectivity index (χ1) is 7.11. The van der Waals surface area contributed by atoms with Gasteiger partial charge in [0.25, 0.3) is 0 Å². The summed E-state index contributed by atoms with van der Waals surface area (Å²) in [6.07, 6.45) is 0.966. The van der Waals surface area contributed by atoms with Gasteiger partial charge in [-0.25, -0.2) is 4.39 Å². The van der Waals surface area contributed by atoms with E-state index < -0.39 is 0 Å². The molecule has 0 radical (unpaired) electrons. The minimum atomic E-state index is -0.180. The molecule has 0 aliphatic rings. The van der Waals surface area contributed by atoms with Gasteiger partial charge in [0, 0.05) is 19.1 Å². The van der Waals surface area contributed by atoms with Crippen molar-refractivity contribution >= 4 is 0 Å². The number of hydrogen-bond acceptors (Lipinski definition) is 2. The lowest BCUT2D eigenvalue weighted by molar-refractivity contribution is 0.300. The number of nitrogens with zero attached hydrogens (tertiary/aromatic N) is 1. The fourth-order valence-corrected chi connectivity index (χ4v) is 1.54. The molecule has 0 aliphatic carbocycles. The van der Waals surface area contributed by atoms with Gasteiger partial charge in [-0.15, -0.1) is 0 Å². The van der Waals surface area contributed by atoms with Gasteiger partial charge in [-0.2, -0.15) is 0 Å². The van der Waals surface area contributed by atoms with E-state index in [4.69, 9.17) is 5.73 Å². The van der Waals surface area contributed by atoms with Crippen LogP contribution in [0.15, 0.2) is 24.3 Å². The van der Waals surface area contributed by atoms with Gasteiger partial charge < -0.3 is 10.6 Å². The molecule has 0 amide bonds. The van der Waals surface area contributed by atoms with Gasteiger partial charge in [-0.3, -0.25) is 0 Å². The van der Waals surface area contributed by atoms with Gasteiger partial charge in [-0.05, 0) is 31.2 Å². The van der Waals surface area contributed by atoms with Crippen LogP contribution in [0.3, 0.4) is 0 Å². The van der Waals surface area contributed by atoms with E-state index in [2.05, 4.69) is 11.8 Å². The number of hydrogen-bond donors (Lipinski definition) is 1. The summed E-state index contributed by atoms with van der Waals surface area (Å²) in [7, 11) is 2.00. The van der Waals surface area contributed by atoms with Crippen molar-refractivity contribution in [2.45, 2.75) is 25.9 Å². The van der Waals surface area contributed by atoms with Crippen LogP contribution in [-0.2, 0) is 6.54 Å². The molecule has 0 saturated carbocycles. The van der Waals surface area contributed by atoms with E-state index in [0.717, 1.165) is 25.1 Å². The Kier molecular flexibility index (Phi) is 4.72. The SMILES string of the molecule is CCC(N)CN(C)Cc1cccc(F)c1. The van der Waals surface area contributed by atoms with Crippen molar-refractivity contribution in [2.75, 3.05) is 13.6 Å². The summed E-state index contributed by atoms with van der Waals surface area (Å²) in [5.41, 5.74) is 6.83. The Balaban J connectivity index is 2.47. The highest BCUT2D eigenvalue weighted by Crippen LogP contribution is 2.06. The Labute approximate surface area is 90.9 Å². The highest BCUT2D eigenvalue weighted by atomic mass is 19.1. The molecule has 1 aromatic carbocycles. The van der Waals surface area contributed by atoms with E-state index >= 15 is 0 Å². The highest BCUT2D eigenvalue weighted by Gasteiger charge is 2.05. The third-order valence-corrected chi connectivity index (χ3v) is 2.41. The monoisotopic (exact) mass is 210 g/mol. The lowest BCUT2D eigenvalue weighted by atomic mass is 10.2. The summed E-state index contributed by atoms with van der Waals surface area (Å²) in [5.74, 6) is -0.180. The first-order valence-corrected chi connectivity index (χ1v) is 5.30. The topological polar surface area (TPSA) is 29.3 Å². The Morgan fingerprint density at radius 3 is 2.80 bits per heavy atom. The van der Waals surface area contributed by atoms with E-state index in [1.807, 2.05) is 13.1 Å². The molecule has 0 aliphatic heterocycles. The van der Waals surface area contributed by atoms with Gasteiger partial charge in [0.1, 0.15) is 5.82 Å². The molecule has 0 aromatic heterocycles. The standard InChI is InChI=1S/C12H19FN2/c1-3-12(14)9-15(2)8-10-5-4-6-11(13)7-10/h4-7,12H,3,8-9,14H2,1-2H3. The second-order valence-corrected chi connectivity index (χ2v) is 3.99. The van der Waals surface area contributed by atoms with Gasteiger partial charge in [0.15, 0.2) is 0 Å². The average Bonchev–Trinajstić information content (AvgIpc) is 2.17. The van der Waals surface area contributed by atoms with Crippen LogP contribution >= 0.6 is 0 Å². The smallest absolute Gasteiger partial charge is 0.123 e. The summed E-state index contributed by atoms with van der Waals surface area (Å²) in [4.78, 5) is 2.11. The van der Waals surface area contributed by atoms with Crippen LogP contribution in [0.5, 0.6) is 0 Å². The molecule has 0 heterocycles. The van der Waals surface area contributed by atoms with Crippen molar-refractivity contribution in [2.24, 2.45) is 5.73 Å². The van der Waals surface area contributed by atoms with E-state index in [-0.39, 0.29) is 11.9 Å². The van der Waals surface area contributed by atoms with Crippen LogP contribution in [0.1, 0.15) is 18.9 Å². The molecule has 1 atom stereocenters. The van der Waals surface area contributed by atoms with Crippen LogP contribution in [0.2, 0.25) is 0 Å². The molecule has 15 heavy (non-hydrogen) atoms. The Morgan fingerprint density at radius 2 is 2.20 bits per heavy atom. The average molecular weight is 210 g/mol. The maximum atomic E-state index is 12.9. The van der Waals surface area contributed by atoms with Crippen LogP contribution < -0.4 is 5.73 Å². The van der Waals surface area contributed by atoms with Crippen molar-refractivity contribution < 1.29 is 4.39 Å². The minimum Gasteiger partial charge on any atom is -0.327 e. The fraction of sp³-hybridized carbons (Fsp3) is 0.500. The zero-order valence-corrected chi connectivity index (χ0v) is 9.41. The van der Waals surface area contributed by atoms with Crippen molar-refractivity contribution in [3.05, 3.63) is 35.6 Å². The number of likely N-dealkylation sites (N-methyl/N-ethyl adjacent to an activating group) is 1. The Morgan fingerprint density at radius 1 is 1.47 bits per heavy atom. The maximum Gasteiger partial charge on any atom is 0.123 e. The molecule has 3 heteroatoms. The van der Waals surface area contributed by atoms with E-state index in [0.29, 0.717) is 0 Å². The third-order valence-electron chi connectivity index (χ3n) is 2.41. The second-order valence-electron chi connectivity index (χ2n) is 3.99. The molecule has 84 valence electrons. The minimum absolute atomic E-state index is 0.180. The van der Waals surface area contributed by atoms with Crippen molar-refractivity contribution in [1.82, 2.24) is 4.90 Å². The quantitative estimate of drug-likeness (QED) is 0.805. The lowest BCUT2D eigenvalue weighted by Gasteiger charge is -2.20. The number of halogens is 1. The summed E-state index contributed by atoms with van der Waals surface area (Å²) in [5, 5.41) is 0. The zero-order valence-electron chi connectivity index (χ0n) is 9.41. The molecule has 0 fully saturated rings. The van der Waals surface area contributed by atoms with Crippen LogP contribution in [0.25, 0.3) is 0 Å². The molecule has 2 nitrogen and oxygen atoms in total. The Hall–Kier alpha value is -0.930. The van der Waals surface area contributed by atoms with Crippen molar-refractivity contribution in [3.63, 3.8) is 0 Å². The van der Waals surface area contributed by atoms with Gasteiger partial charge in [0.05, 0.1) is 0 Å². The summed E-state index contributed by atoms with van der Waals surface area (Å²) >= 11 is 0. The van der Waals surface area contributed by atoms with Gasteiger partial charge in [0.2, 0.25) is 0 Å². The molecular weight excluding hydrogens is 191 g/mol. The van der Waals surface area contributed by atoms with Crippen LogP contribution in [0, 0.1) is 5.82 Å². The van der Waals surface area contributed by atoms with E-state index in [9.17, 15) is 4.39 Å². The van der Waals surface area contributed by atoms with E-state index in [1.165, 1.54) is 6.07 Å². The van der Waals surface area contributed by atoms with E-state index in [1.54, 1.807) is 12.1 Å². The summed E-state index contributed by atoms with van der Waals surface area (Å²) in [6, 6.07) is 6.88. The largest absolute Gasteiger partial charge is 0.327 e. The molecule has 2 N–H and O–H groups in total. The van der Waals surface area contributed by atoms with Crippen molar-refractivity contribution in [1.29, 1.82) is 0 Å². The van der Waals surface area contributed by atoms with Crippen LogP contribution in [-0.4, -0.2) is 24.5 Å². The maximum absolute atomic E-state index is 12.9. The highest BCUT2D eigenvalue weighted by molar-refractivity contribution is 5.16. The second kappa shape index (κ2) is 5.83. The Bertz CT molecular complexity index is 301. The molecule has 1 unspecified atom stereocenters. The predicted molar refractivity (Wildman–Crippen MR) is 61.0 cm³/mol. The molecule has 0 spiro atoms. The first kappa shape index (κ1) is 12.1.